The molecule has 0 atom stereocenters. The molecular weight excluding hydrogens is 265 g/mol. The molecule has 1 aromatic carbocycles. The van der Waals surface area contributed by atoms with Crippen molar-refractivity contribution in [3.63, 3.8) is 0 Å². The van der Waals surface area contributed by atoms with E-state index in [-0.39, 0.29) is 11.1 Å². The number of benzene rings is 1. The van der Waals surface area contributed by atoms with Crippen LogP contribution in [0.1, 0.15) is 51.2 Å². The molecule has 0 heterocycles. The Hall–Kier alpha value is -1.70. The van der Waals surface area contributed by atoms with Gasteiger partial charge < -0.3 is 5.32 Å². The van der Waals surface area contributed by atoms with E-state index in [1.165, 1.54) is 6.07 Å². The fourth-order valence-electron chi connectivity index (χ4n) is 2.22. The van der Waals surface area contributed by atoms with E-state index in [1.54, 1.807) is 0 Å². The molecular formula is C15H19F3N2. The number of anilines is 1. The maximum Gasteiger partial charge on any atom is 0.416 e. The molecule has 0 unspecified atom stereocenters. The van der Waals surface area contributed by atoms with E-state index >= 15 is 0 Å². The summed E-state index contributed by atoms with van der Waals surface area (Å²) >= 11 is 0. The first-order chi connectivity index (χ1) is 9.31. The monoisotopic (exact) mass is 284 g/mol. The molecule has 110 valence electrons. The molecule has 0 fully saturated rings. The van der Waals surface area contributed by atoms with E-state index in [9.17, 15) is 13.2 Å². The molecule has 1 N–H and O–H groups in total. The predicted octanol–water partition coefficient (Wildman–Crippen LogP) is 4.96. The molecule has 2 nitrogen and oxygen atoms in total. The first-order valence-corrected chi connectivity index (χ1v) is 6.71. The van der Waals surface area contributed by atoms with Gasteiger partial charge in [-0.3, -0.25) is 0 Å². The van der Waals surface area contributed by atoms with E-state index in [1.807, 2.05) is 26.8 Å². The third-order valence-corrected chi connectivity index (χ3v) is 3.90. The smallest absolute Gasteiger partial charge is 0.379 e. The van der Waals surface area contributed by atoms with Crippen LogP contribution in [0.25, 0.3) is 0 Å². The summed E-state index contributed by atoms with van der Waals surface area (Å²) in [5, 5.41) is 12.3. The Morgan fingerprint density at radius 3 is 2.05 bits per heavy atom. The first-order valence-electron chi connectivity index (χ1n) is 6.71. The van der Waals surface area contributed by atoms with Crippen LogP contribution in [0.2, 0.25) is 0 Å². The average molecular weight is 284 g/mol. The van der Waals surface area contributed by atoms with Crippen molar-refractivity contribution in [3.8, 4) is 6.07 Å². The van der Waals surface area contributed by atoms with Crippen molar-refractivity contribution in [2.45, 2.75) is 51.7 Å². The van der Waals surface area contributed by atoms with Crippen LogP contribution in [0.15, 0.2) is 18.2 Å². The number of nitrogens with zero attached hydrogens (tertiary/aromatic N) is 1. The molecule has 0 aliphatic carbocycles. The van der Waals surface area contributed by atoms with Gasteiger partial charge in [-0.2, -0.15) is 18.4 Å². The van der Waals surface area contributed by atoms with Crippen molar-refractivity contribution >= 4 is 5.69 Å². The van der Waals surface area contributed by atoms with Gasteiger partial charge in [-0.1, -0.05) is 20.8 Å². The molecule has 0 aromatic heterocycles. The highest BCUT2D eigenvalue weighted by Gasteiger charge is 2.32. The first kappa shape index (κ1) is 16.4. The second-order valence-electron chi connectivity index (χ2n) is 4.84. The predicted molar refractivity (Wildman–Crippen MR) is 73.4 cm³/mol. The molecule has 0 radical (unpaired) electrons. The number of hydrogen-bond acceptors (Lipinski definition) is 2. The minimum absolute atomic E-state index is 0.0274. The van der Waals surface area contributed by atoms with E-state index in [0.29, 0.717) is 5.69 Å². The van der Waals surface area contributed by atoms with Gasteiger partial charge in [0.25, 0.3) is 0 Å². The topological polar surface area (TPSA) is 35.8 Å². The number of nitrogens with one attached hydrogen (secondary N) is 1. The van der Waals surface area contributed by atoms with Gasteiger partial charge in [0.05, 0.1) is 16.8 Å². The fourth-order valence-corrected chi connectivity index (χ4v) is 2.22. The molecule has 1 rings (SSSR count). The second-order valence-corrected chi connectivity index (χ2v) is 4.84. The summed E-state index contributed by atoms with van der Waals surface area (Å²) in [6, 6.07) is 5.09. The molecule has 0 aliphatic rings. The van der Waals surface area contributed by atoms with Crippen LogP contribution in [0.3, 0.4) is 0 Å². The Labute approximate surface area is 117 Å². The molecule has 0 amide bonds. The number of halogens is 3. The lowest BCUT2D eigenvalue weighted by atomic mass is 9.89. The van der Waals surface area contributed by atoms with Crippen molar-refractivity contribution in [3.05, 3.63) is 29.3 Å². The molecule has 0 saturated heterocycles. The summed E-state index contributed by atoms with van der Waals surface area (Å²) < 4.78 is 37.9. The largest absolute Gasteiger partial charge is 0.416 e. The van der Waals surface area contributed by atoms with Crippen LogP contribution >= 0.6 is 0 Å². The van der Waals surface area contributed by atoms with Gasteiger partial charge in [0.15, 0.2) is 0 Å². The molecule has 5 heteroatoms. The third-order valence-electron chi connectivity index (χ3n) is 3.90. The quantitative estimate of drug-likeness (QED) is 0.829. The lowest BCUT2D eigenvalue weighted by Crippen LogP contribution is -2.36. The van der Waals surface area contributed by atoms with Crippen LogP contribution < -0.4 is 5.32 Å². The van der Waals surface area contributed by atoms with Crippen LogP contribution in [-0.4, -0.2) is 5.54 Å². The Morgan fingerprint density at radius 1 is 1.10 bits per heavy atom. The highest BCUT2D eigenvalue weighted by Crippen LogP contribution is 2.33. The maximum absolute atomic E-state index is 12.6. The SMILES string of the molecule is CCC(CC)(CC)Nc1ccc(C(F)(F)F)cc1C#N. The molecule has 1 aromatic rings. The normalized spacial score (nSPS) is 12.1. The van der Waals surface area contributed by atoms with Gasteiger partial charge in [-0.05, 0) is 37.5 Å². The number of hydrogen-bond donors (Lipinski definition) is 1. The molecule has 0 aliphatic heterocycles. The molecule has 0 spiro atoms. The van der Waals surface area contributed by atoms with Gasteiger partial charge >= 0.3 is 6.18 Å². The highest BCUT2D eigenvalue weighted by atomic mass is 19.4. The average Bonchev–Trinajstić information content (AvgIpc) is 2.44. The summed E-state index contributed by atoms with van der Waals surface area (Å²) in [6.07, 6.45) is -1.91. The zero-order valence-electron chi connectivity index (χ0n) is 11.9. The molecule has 0 bridgehead atoms. The standard InChI is InChI=1S/C15H19F3N2/c1-4-14(5-2,6-3)20-13-8-7-12(15(16,17)18)9-11(13)10-19/h7-9,20H,4-6H2,1-3H3. The van der Waals surface area contributed by atoms with E-state index in [2.05, 4.69) is 5.32 Å². The summed E-state index contributed by atoms with van der Waals surface area (Å²) in [5.74, 6) is 0. The Bertz CT molecular complexity index is 489. The van der Waals surface area contributed by atoms with E-state index < -0.39 is 11.7 Å². The zero-order chi connectivity index (χ0) is 15.4. The number of rotatable bonds is 5. The van der Waals surface area contributed by atoms with Crippen LogP contribution in [0.4, 0.5) is 18.9 Å². The summed E-state index contributed by atoms with van der Waals surface area (Å²) in [5.41, 5.74) is -0.494. The van der Waals surface area contributed by atoms with Crippen LogP contribution in [0, 0.1) is 11.3 Å². The maximum atomic E-state index is 12.6. The van der Waals surface area contributed by atoms with E-state index in [0.717, 1.165) is 31.4 Å². The summed E-state index contributed by atoms with van der Waals surface area (Å²) in [7, 11) is 0. The minimum Gasteiger partial charge on any atom is -0.379 e. The lowest BCUT2D eigenvalue weighted by Gasteiger charge is -2.33. The van der Waals surface area contributed by atoms with Gasteiger partial charge in [-0.25, -0.2) is 0 Å². The van der Waals surface area contributed by atoms with Crippen LogP contribution in [-0.2, 0) is 6.18 Å². The minimum atomic E-state index is -4.43. The highest BCUT2D eigenvalue weighted by molar-refractivity contribution is 5.60. The Morgan fingerprint density at radius 2 is 1.65 bits per heavy atom. The van der Waals surface area contributed by atoms with Crippen molar-refractivity contribution in [1.82, 2.24) is 0 Å². The second kappa shape index (κ2) is 6.17. The van der Waals surface area contributed by atoms with Gasteiger partial charge in [0.2, 0.25) is 0 Å². The van der Waals surface area contributed by atoms with Crippen LogP contribution in [0.5, 0.6) is 0 Å². The van der Waals surface area contributed by atoms with Crippen molar-refractivity contribution in [2.75, 3.05) is 5.32 Å². The van der Waals surface area contributed by atoms with Crippen molar-refractivity contribution < 1.29 is 13.2 Å². The fraction of sp³-hybridized carbons (Fsp3) is 0.533. The van der Waals surface area contributed by atoms with Gasteiger partial charge in [0, 0.05) is 5.54 Å². The number of alkyl halides is 3. The zero-order valence-corrected chi connectivity index (χ0v) is 11.9. The summed E-state index contributed by atoms with van der Waals surface area (Å²) in [6.45, 7) is 6.07. The lowest BCUT2D eigenvalue weighted by molar-refractivity contribution is -0.137. The van der Waals surface area contributed by atoms with Crippen molar-refractivity contribution in [1.29, 1.82) is 5.26 Å². The van der Waals surface area contributed by atoms with Gasteiger partial charge in [0.1, 0.15) is 6.07 Å². The molecule has 20 heavy (non-hydrogen) atoms. The Kier molecular flexibility index (Phi) is 5.04. The Balaban J connectivity index is 3.18. The number of nitriles is 1. The van der Waals surface area contributed by atoms with Gasteiger partial charge in [-0.15, -0.1) is 0 Å². The van der Waals surface area contributed by atoms with E-state index in [4.69, 9.17) is 5.26 Å². The van der Waals surface area contributed by atoms with Crippen molar-refractivity contribution in [2.24, 2.45) is 0 Å². The summed E-state index contributed by atoms with van der Waals surface area (Å²) in [4.78, 5) is 0. The molecule has 0 saturated carbocycles. The third kappa shape index (κ3) is 3.44.